The summed E-state index contributed by atoms with van der Waals surface area (Å²) in [5, 5.41) is 4.71. The lowest BCUT2D eigenvalue weighted by molar-refractivity contribution is -0.118. The van der Waals surface area contributed by atoms with Crippen molar-refractivity contribution in [3.63, 3.8) is 0 Å². The third-order valence-electron chi connectivity index (χ3n) is 5.36. The number of thiophene rings is 1. The minimum atomic E-state index is -0.259. The van der Waals surface area contributed by atoms with Gasteiger partial charge in [0.15, 0.2) is 0 Å². The van der Waals surface area contributed by atoms with Gasteiger partial charge in [-0.3, -0.25) is 19.7 Å². The number of hydrogen-bond acceptors (Lipinski definition) is 5. The van der Waals surface area contributed by atoms with Crippen LogP contribution in [0.15, 0.2) is 53.8 Å². The second-order valence-electron chi connectivity index (χ2n) is 7.37. The lowest BCUT2D eigenvalue weighted by Gasteiger charge is -2.08. The molecule has 0 bridgehead atoms. The second-order valence-corrected chi connectivity index (χ2v) is 8.57. The molecule has 0 spiro atoms. The summed E-state index contributed by atoms with van der Waals surface area (Å²) in [6.07, 6.45) is 5.87. The van der Waals surface area contributed by atoms with Crippen molar-refractivity contribution in [1.29, 1.82) is 0 Å². The first kappa shape index (κ1) is 17.8. The van der Waals surface area contributed by atoms with E-state index in [9.17, 15) is 9.59 Å². The number of nitrogens with one attached hydrogen (secondary N) is 1. The molecule has 5 rings (SSSR count). The number of carbonyl (C=O) groups excluding carboxylic acids is 1. The van der Waals surface area contributed by atoms with Gasteiger partial charge in [0.1, 0.15) is 11.2 Å². The van der Waals surface area contributed by atoms with E-state index in [-0.39, 0.29) is 23.3 Å². The Labute approximate surface area is 170 Å². The molecule has 1 aromatic carbocycles. The Bertz CT molecular complexity index is 1290. The van der Waals surface area contributed by atoms with Crippen molar-refractivity contribution in [3.8, 4) is 11.1 Å². The molecule has 1 aliphatic carbocycles. The van der Waals surface area contributed by atoms with Crippen molar-refractivity contribution in [2.24, 2.45) is 13.0 Å². The molecular formula is C21H19N5O2S. The molecule has 146 valence electrons. The molecule has 7 nitrogen and oxygen atoms in total. The summed E-state index contributed by atoms with van der Waals surface area (Å²) in [4.78, 5) is 32.0. The molecule has 29 heavy (non-hydrogen) atoms. The molecule has 1 fully saturated rings. The highest BCUT2D eigenvalue weighted by Crippen LogP contribution is 2.47. The van der Waals surface area contributed by atoms with Crippen LogP contribution in [-0.4, -0.2) is 25.3 Å². The zero-order chi connectivity index (χ0) is 20.1. The molecular weight excluding hydrogens is 386 g/mol. The third kappa shape index (κ3) is 3.05. The van der Waals surface area contributed by atoms with E-state index in [1.807, 2.05) is 50.5 Å². The van der Waals surface area contributed by atoms with Gasteiger partial charge in [-0.15, -0.1) is 11.3 Å². The van der Waals surface area contributed by atoms with E-state index >= 15 is 0 Å². The van der Waals surface area contributed by atoms with Gasteiger partial charge in [-0.05, 0) is 30.4 Å². The topological polar surface area (TPSA) is 81.8 Å². The van der Waals surface area contributed by atoms with Crippen LogP contribution in [0, 0.1) is 12.8 Å². The minimum Gasteiger partial charge on any atom is -0.276 e. The molecule has 0 radical (unpaired) electrons. The average Bonchev–Trinajstić information content (AvgIpc) is 3.28. The molecule has 4 aromatic rings. The van der Waals surface area contributed by atoms with Crippen molar-refractivity contribution in [3.05, 3.63) is 69.8 Å². The van der Waals surface area contributed by atoms with Crippen LogP contribution in [0.4, 0.5) is 0 Å². The van der Waals surface area contributed by atoms with Gasteiger partial charge >= 0.3 is 0 Å². The van der Waals surface area contributed by atoms with Crippen LogP contribution in [0.25, 0.3) is 21.3 Å². The number of aromatic nitrogens is 4. The van der Waals surface area contributed by atoms with Crippen LogP contribution < -0.4 is 11.0 Å². The average molecular weight is 405 g/mol. The molecule has 0 saturated heterocycles. The first-order valence-corrected chi connectivity index (χ1v) is 10.2. The molecule has 1 N–H and O–H groups in total. The van der Waals surface area contributed by atoms with Gasteiger partial charge < -0.3 is 0 Å². The van der Waals surface area contributed by atoms with Crippen molar-refractivity contribution in [2.45, 2.75) is 19.3 Å². The lowest BCUT2D eigenvalue weighted by Crippen LogP contribution is -2.34. The Morgan fingerprint density at radius 3 is 2.79 bits per heavy atom. The summed E-state index contributed by atoms with van der Waals surface area (Å²) in [5.74, 6) is -0.172. The van der Waals surface area contributed by atoms with Gasteiger partial charge in [-0.1, -0.05) is 30.3 Å². The van der Waals surface area contributed by atoms with E-state index in [2.05, 4.69) is 15.5 Å². The van der Waals surface area contributed by atoms with Crippen LogP contribution in [0.2, 0.25) is 0 Å². The first-order valence-electron chi connectivity index (χ1n) is 9.38. The Morgan fingerprint density at radius 1 is 1.28 bits per heavy atom. The highest BCUT2D eigenvalue weighted by atomic mass is 32.1. The number of carbonyl (C=O) groups is 1. The zero-order valence-electron chi connectivity index (χ0n) is 16.0. The van der Waals surface area contributed by atoms with Crippen LogP contribution in [0.5, 0.6) is 0 Å². The van der Waals surface area contributed by atoms with E-state index in [1.54, 1.807) is 10.9 Å². The summed E-state index contributed by atoms with van der Waals surface area (Å²) in [6.45, 7) is 1.99. The van der Waals surface area contributed by atoms with Crippen molar-refractivity contribution in [2.75, 3.05) is 5.43 Å². The van der Waals surface area contributed by atoms with E-state index in [0.717, 1.165) is 28.0 Å². The molecule has 0 aliphatic heterocycles. The fraction of sp³-hybridized carbons (Fsp3) is 0.238. The first-order chi connectivity index (χ1) is 14.0. The number of fused-ring (bicyclic) bond motifs is 1. The van der Waals surface area contributed by atoms with Crippen molar-refractivity contribution < 1.29 is 4.79 Å². The van der Waals surface area contributed by atoms with Crippen LogP contribution >= 0.6 is 11.3 Å². The molecule has 2 atom stereocenters. The maximum absolute atomic E-state index is 13.2. The van der Waals surface area contributed by atoms with Gasteiger partial charge in [0.25, 0.3) is 5.56 Å². The maximum Gasteiger partial charge on any atom is 0.281 e. The van der Waals surface area contributed by atoms with Crippen LogP contribution in [-0.2, 0) is 11.8 Å². The van der Waals surface area contributed by atoms with E-state index < -0.39 is 0 Å². The van der Waals surface area contributed by atoms with E-state index in [4.69, 9.17) is 0 Å². The maximum atomic E-state index is 13.2. The number of rotatable bonds is 4. The van der Waals surface area contributed by atoms with Gasteiger partial charge in [0, 0.05) is 29.6 Å². The van der Waals surface area contributed by atoms with Crippen molar-refractivity contribution >= 4 is 27.5 Å². The number of amides is 1. The molecule has 3 aromatic heterocycles. The number of aryl methyl sites for hydroxylation is 2. The predicted octanol–water partition coefficient (Wildman–Crippen LogP) is 3.04. The summed E-state index contributed by atoms with van der Waals surface area (Å²) in [5.41, 5.74) is 5.38. The monoisotopic (exact) mass is 405 g/mol. The van der Waals surface area contributed by atoms with Gasteiger partial charge in [-0.2, -0.15) is 5.10 Å². The van der Waals surface area contributed by atoms with Gasteiger partial charge in [-0.25, -0.2) is 9.66 Å². The Kier molecular flexibility index (Phi) is 4.09. The van der Waals surface area contributed by atoms with Gasteiger partial charge in [0.05, 0.1) is 11.6 Å². The SMILES string of the molecule is Cc1sc2ncn(NC(=O)C3CC3c3cnn(C)c3)c(=O)c2c1-c1ccccc1. The highest BCUT2D eigenvalue weighted by molar-refractivity contribution is 7.19. The van der Waals surface area contributed by atoms with E-state index in [0.29, 0.717) is 10.2 Å². The summed E-state index contributed by atoms with van der Waals surface area (Å²) < 4.78 is 2.94. The fourth-order valence-corrected chi connectivity index (χ4v) is 4.82. The lowest BCUT2D eigenvalue weighted by atomic mass is 10.0. The predicted molar refractivity (Wildman–Crippen MR) is 112 cm³/mol. The quantitative estimate of drug-likeness (QED) is 0.566. The molecule has 1 aliphatic rings. The Morgan fingerprint density at radius 2 is 2.07 bits per heavy atom. The Hall–Kier alpha value is -3.26. The highest BCUT2D eigenvalue weighted by Gasteiger charge is 2.44. The molecule has 3 heterocycles. The molecule has 1 saturated carbocycles. The van der Waals surface area contributed by atoms with Crippen LogP contribution in [0.1, 0.15) is 22.8 Å². The molecule has 8 heteroatoms. The molecule has 2 unspecified atom stereocenters. The fourth-order valence-electron chi connectivity index (χ4n) is 3.82. The Balaban J connectivity index is 1.46. The van der Waals surface area contributed by atoms with Gasteiger partial charge in [0.2, 0.25) is 5.91 Å². The molecule has 1 amide bonds. The minimum absolute atomic E-state index is 0.152. The van der Waals surface area contributed by atoms with Crippen LogP contribution in [0.3, 0.4) is 0 Å². The smallest absolute Gasteiger partial charge is 0.276 e. The number of nitrogens with zero attached hydrogens (tertiary/aromatic N) is 4. The third-order valence-corrected chi connectivity index (χ3v) is 6.38. The summed E-state index contributed by atoms with van der Waals surface area (Å²) >= 11 is 1.49. The summed E-state index contributed by atoms with van der Waals surface area (Å²) in [7, 11) is 1.86. The normalized spacial score (nSPS) is 18.1. The number of benzene rings is 1. The van der Waals surface area contributed by atoms with E-state index in [1.165, 1.54) is 22.3 Å². The standard InChI is InChI=1S/C21H19N5O2S/c1-12-17(13-6-4-3-5-7-13)18-20(29-12)22-11-26(21(18)28)24-19(27)16-8-15(16)14-9-23-25(2)10-14/h3-7,9-11,15-16H,8H2,1-2H3,(H,24,27). The zero-order valence-corrected chi connectivity index (χ0v) is 16.8. The van der Waals surface area contributed by atoms with Crippen molar-refractivity contribution in [1.82, 2.24) is 19.4 Å². The number of hydrogen-bond donors (Lipinski definition) is 1. The largest absolute Gasteiger partial charge is 0.281 e. The second kappa shape index (κ2) is 6.66. The summed E-state index contributed by atoms with van der Waals surface area (Å²) in [6, 6.07) is 9.79.